The van der Waals surface area contributed by atoms with E-state index in [1.807, 2.05) is 29.8 Å². The zero-order valence-corrected chi connectivity index (χ0v) is 11.0. The lowest BCUT2D eigenvalue weighted by molar-refractivity contribution is 0.155. The van der Waals surface area contributed by atoms with Crippen LogP contribution in [0.2, 0.25) is 0 Å². The van der Waals surface area contributed by atoms with Crippen LogP contribution in [0.1, 0.15) is 36.4 Å². The molecule has 1 N–H and O–H groups in total. The molecule has 1 unspecified atom stereocenters. The molecule has 0 spiro atoms. The molecule has 1 atom stereocenters. The Balaban J connectivity index is 2.04. The molecule has 96 valence electrons. The maximum atomic E-state index is 10.2. The van der Waals surface area contributed by atoms with Crippen LogP contribution in [0.5, 0.6) is 0 Å². The van der Waals surface area contributed by atoms with Crippen molar-refractivity contribution in [2.75, 3.05) is 0 Å². The first-order valence-corrected chi connectivity index (χ1v) is 6.45. The van der Waals surface area contributed by atoms with E-state index in [4.69, 9.17) is 0 Å². The molecule has 0 fully saturated rings. The predicted octanol–water partition coefficient (Wildman–Crippen LogP) is 2.88. The Morgan fingerprint density at radius 3 is 2.56 bits per heavy atom. The minimum Gasteiger partial charge on any atom is -0.387 e. The zero-order valence-electron chi connectivity index (χ0n) is 11.0. The average molecular weight is 244 g/mol. The fraction of sp³-hybridized carbons (Fsp3) is 0.400. The van der Waals surface area contributed by atoms with Crippen LogP contribution in [0, 0.1) is 6.92 Å². The van der Waals surface area contributed by atoms with E-state index in [1.165, 1.54) is 5.56 Å². The Bertz CT molecular complexity index is 487. The van der Waals surface area contributed by atoms with Crippen molar-refractivity contribution in [2.45, 2.75) is 39.3 Å². The topological polar surface area (TPSA) is 38.0 Å². The molecular weight excluding hydrogens is 224 g/mol. The molecule has 2 rings (SSSR count). The van der Waals surface area contributed by atoms with Crippen molar-refractivity contribution >= 4 is 0 Å². The van der Waals surface area contributed by atoms with Crippen LogP contribution in [0.4, 0.5) is 0 Å². The van der Waals surface area contributed by atoms with Crippen molar-refractivity contribution in [3.8, 4) is 0 Å². The van der Waals surface area contributed by atoms with Crippen LogP contribution >= 0.6 is 0 Å². The summed E-state index contributed by atoms with van der Waals surface area (Å²) in [5.41, 5.74) is 2.29. The summed E-state index contributed by atoms with van der Waals surface area (Å²) in [5, 5.41) is 10.2. The molecule has 3 heteroatoms. The number of rotatable bonds is 5. The molecule has 1 aromatic heterocycles. The summed E-state index contributed by atoms with van der Waals surface area (Å²) in [4.78, 5) is 4.15. The molecule has 2 aromatic rings. The monoisotopic (exact) mass is 244 g/mol. The normalized spacial score (nSPS) is 12.6. The van der Waals surface area contributed by atoms with Crippen molar-refractivity contribution in [3.63, 3.8) is 0 Å². The molecule has 0 saturated carbocycles. The molecule has 0 radical (unpaired) electrons. The number of imidazole rings is 1. The lowest BCUT2D eigenvalue weighted by Crippen LogP contribution is -2.09. The second kappa shape index (κ2) is 5.83. The van der Waals surface area contributed by atoms with Gasteiger partial charge in [-0.1, -0.05) is 37.6 Å². The lowest BCUT2D eigenvalue weighted by atomic mass is 10.0. The molecule has 0 saturated heterocycles. The summed E-state index contributed by atoms with van der Waals surface area (Å²) in [6.07, 6.45) is 5.41. The smallest absolute Gasteiger partial charge is 0.105 e. The van der Waals surface area contributed by atoms with Crippen molar-refractivity contribution in [2.24, 2.45) is 0 Å². The Kier molecular flexibility index (Phi) is 4.15. The SMILES string of the molecule is CCCc1ccc(C(O)Cn2ccnc2C)cc1. The van der Waals surface area contributed by atoms with Gasteiger partial charge in [-0.05, 0) is 24.5 Å². The summed E-state index contributed by atoms with van der Waals surface area (Å²) in [6.45, 7) is 4.67. The van der Waals surface area contributed by atoms with Crippen LogP contribution < -0.4 is 0 Å². The van der Waals surface area contributed by atoms with E-state index in [0.717, 1.165) is 24.2 Å². The fourth-order valence-electron chi connectivity index (χ4n) is 2.08. The van der Waals surface area contributed by atoms with Gasteiger partial charge in [0.15, 0.2) is 0 Å². The van der Waals surface area contributed by atoms with E-state index in [-0.39, 0.29) is 0 Å². The van der Waals surface area contributed by atoms with Crippen molar-refractivity contribution < 1.29 is 5.11 Å². The molecule has 0 amide bonds. The van der Waals surface area contributed by atoms with Crippen LogP contribution in [-0.4, -0.2) is 14.7 Å². The van der Waals surface area contributed by atoms with Gasteiger partial charge in [-0.15, -0.1) is 0 Å². The number of aliphatic hydroxyl groups is 1. The first-order chi connectivity index (χ1) is 8.70. The number of benzene rings is 1. The van der Waals surface area contributed by atoms with Crippen LogP contribution in [0.15, 0.2) is 36.7 Å². The average Bonchev–Trinajstić information content (AvgIpc) is 2.76. The molecule has 18 heavy (non-hydrogen) atoms. The molecular formula is C15H20N2O. The molecule has 0 bridgehead atoms. The fourth-order valence-corrected chi connectivity index (χ4v) is 2.08. The third-order valence-corrected chi connectivity index (χ3v) is 3.20. The lowest BCUT2D eigenvalue weighted by Gasteiger charge is -2.13. The molecule has 0 aliphatic rings. The van der Waals surface area contributed by atoms with Gasteiger partial charge in [0.25, 0.3) is 0 Å². The van der Waals surface area contributed by atoms with Gasteiger partial charge in [0.05, 0.1) is 12.6 Å². The van der Waals surface area contributed by atoms with Gasteiger partial charge < -0.3 is 9.67 Å². The van der Waals surface area contributed by atoms with Crippen molar-refractivity contribution in [1.29, 1.82) is 0 Å². The number of hydrogen-bond donors (Lipinski definition) is 1. The Labute approximate surface area is 108 Å². The standard InChI is InChI=1S/C15H20N2O/c1-3-4-13-5-7-14(8-6-13)15(18)11-17-10-9-16-12(17)2/h5-10,15,18H,3-4,11H2,1-2H3. The third-order valence-electron chi connectivity index (χ3n) is 3.20. The van der Waals surface area contributed by atoms with E-state index in [1.54, 1.807) is 6.20 Å². The Hall–Kier alpha value is -1.61. The number of aryl methyl sites for hydroxylation is 2. The predicted molar refractivity (Wildman–Crippen MR) is 72.4 cm³/mol. The van der Waals surface area contributed by atoms with Gasteiger partial charge in [0, 0.05) is 12.4 Å². The highest BCUT2D eigenvalue weighted by Gasteiger charge is 2.09. The second-order valence-corrected chi connectivity index (χ2v) is 4.63. The minimum absolute atomic E-state index is 0.478. The molecule has 1 aromatic carbocycles. The van der Waals surface area contributed by atoms with Gasteiger partial charge in [-0.3, -0.25) is 0 Å². The second-order valence-electron chi connectivity index (χ2n) is 4.63. The van der Waals surface area contributed by atoms with Crippen molar-refractivity contribution in [3.05, 3.63) is 53.6 Å². The number of nitrogens with zero attached hydrogens (tertiary/aromatic N) is 2. The van der Waals surface area contributed by atoms with Crippen LogP contribution in [-0.2, 0) is 13.0 Å². The maximum Gasteiger partial charge on any atom is 0.105 e. The highest BCUT2D eigenvalue weighted by atomic mass is 16.3. The Morgan fingerprint density at radius 1 is 1.28 bits per heavy atom. The maximum absolute atomic E-state index is 10.2. The largest absolute Gasteiger partial charge is 0.387 e. The first kappa shape index (κ1) is 12.8. The zero-order chi connectivity index (χ0) is 13.0. The van der Waals surface area contributed by atoms with E-state index in [0.29, 0.717) is 6.54 Å². The number of hydrogen-bond acceptors (Lipinski definition) is 2. The van der Waals surface area contributed by atoms with Crippen molar-refractivity contribution in [1.82, 2.24) is 9.55 Å². The van der Waals surface area contributed by atoms with E-state index < -0.39 is 6.10 Å². The van der Waals surface area contributed by atoms with Crippen LogP contribution in [0.3, 0.4) is 0 Å². The summed E-state index contributed by atoms with van der Waals surface area (Å²) >= 11 is 0. The highest BCUT2D eigenvalue weighted by molar-refractivity contribution is 5.24. The molecule has 3 nitrogen and oxygen atoms in total. The van der Waals surface area contributed by atoms with Gasteiger partial charge in [-0.25, -0.2) is 4.98 Å². The third kappa shape index (κ3) is 2.99. The molecule has 1 heterocycles. The van der Waals surface area contributed by atoms with E-state index in [2.05, 4.69) is 24.0 Å². The van der Waals surface area contributed by atoms with Gasteiger partial charge in [-0.2, -0.15) is 0 Å². The Morgan fingerprint density at radius 2 is 2.00 bits per heavy atom. The minimum atomic E-state index is -0.478. The number of aromatic nitrogens is 2. The highest BCUT2D eigenvalue weighted by Crippen LogP contribution is 2.17. The molecule has 0 aliphatic heterocycles. The van der Waals surface area contributed by atoms with Gasteiger partial charge in [0.2, 0.25) is 0 Å². The van der Waals surface area contributed by atoms with Gasteiger partial charge in [0.1, 0.15) is 5.82 Å². The van der Waals surface area contributed by atoms with Crippen LogP contribution in [0.25, 0.3) is 0 Å². The van der Waals surface area contributed by atoms with Gasteiger partial charge >= 0.3 is 0 Å². The summed E-state index contributed by atoms with van der Waals surface area (Å²) < 4.78 is 1.96. The summed E-state index contributed by atoms with van der Waals surface area (Å²) in [5.74, 6) is 0.927. The summed E-state index contributed by atoms with van der Waals surface area (Å²) in [6, 6.07) is 8.23. The number of aliphatic hydroxyl groups excluding tert-OH is 1. The molecule has 0 aliphatic carbocycles. The van der Waals surface area contributed by atoms with E-state index >= 15 is 0 Å². The van der Waals surface area contributed by atoms with E-state index in [9.17, 15) is 5.11 Å². The summed E-state index contributed by atoms with van der Waals surface area (Å²) in [7, 11) is 0. The quantitative estimate of drug-likeness (QED) is 0.878. The first-order valence-electron chi connectivity index (χ1n) is 6.45.